The monoisotopic (exact) mass is 434 g/mol. The zero-order valence-electron chi connectivity index (χ0n) is 13.3. The number of benzene rings is 2. The zero-order valence-corrected chi connectivity index (χ0v) is 21.7. The van der Waals surface area contributed by atoms with Gasteiger partial charge in [-0.05, 0) is 6.07 Å². The summed E-state index contributed by atoms with van der Waals surface area (Å²) >= 11 is 0. The first-order chi connectivity index (χ1) is 9.93. The van der Waals surface area contributed by atoms with Gasteiger partial charge in [-0.1, -0.05) is 6.07 Å². The predicted octanol–water partition coefficient (Wildman–Crippen LogP) is -9.54. The summed E-state index contributed by atoms with van der Waals surface area (Å²) in [6, 6.07) is 8.15. The van der Waals surface area contributed by atoms with Crippen molar-refractivity contribution in [1.82, 2.24) is 0 Å². The fraction of sp³-hybridized carbons (Fsp3) is 0. The van der Waals surface area contributed by atoms with E-state index in [0.29, 0.717) is 6.07 Å². The van der Waals surface area contributed by atoms with E-state index in [0.717, 1.165) is 6.07 Å². The minimum Gasteiger partial charge on any atom is -0.744 e. The second-order valence-corrected chi connectivity index (χ2v) is 6.82. The van der Waals surface area contributed by atoms with Gasteiger partial charge in [0.05, 0.1) is 0 Å². The number of hydrogen-bond donors (Lipinski definition) is 0. The second-order valence-electron chi connectivity index (χ2n) is 3.68. The summed E-state index contributed by atoms with van der Waals surface area (Å²) in [6.45, 7) is 0. The molecule has 2 aromatic carbocycles. The van der Waals surface area contributed by atoms with Crippen molar-refractivity contribution in [2.75, 3.05) is 0 Å². The average Bonchev–Trinajstić information content (AvgIpc) is 2.34. The molecule has 0 saturated carbocycles. The third-order valence-electron chi connectivity index (χ3n) is 2.29. The van der Waals surface area contributed by atoms with Crippen molar-refractivity contribution in [2.24, 2.45) is 0 Å². The van der Waals surface area contributed by atoms with E-state index in [1.807, 2.05) is 0 Å². The Balaban J connectivity index is -0.000000629. The van der Waals surface area contributed by atoms with Crippen LogP contribution in [0.25, 0.3) is 10.8 Å². The Labute approximate surface area is 212 Å². The Morgan fingerprint density at radius 3 is 1.76 bits per heavy atom. The normalized spacial score (nSPS) is 10.2. The van der Waals surface area contributed by atoms with E-state index in [-0.39, 0.29) is 99.4 Å². The van der Waals surface area contributed by atoms with Crippen molar-refractivity contribution in [2.45, 2.75) is 9.79 Å². The molecular formula is C10H5Na3O9S3. The first-order valence-corrected chi connectivity index (χ1v) is 8.87. The fourth-order valence-electron chi connectivity index (χ4n) is 1.54. The van der Waals surface area contributed by atoms with Crippen LogP contribution in [0.4, 0.5) is 0 Å². The van der Waals surface area contributed by atoms with E-state index in [2.05, 4.69) is 6.07 Å². The predicted molar refractivity (Wildman–Crippen MR) is 68.4 cm³/mol. The molecule has 0 aliphatic rings. The van der Waals surface area contributed by atoms with E-state index in [9.17, 15) is 25.9 Å². The SMILES string of the molecule is O=S(=O)([O-])c1cc(S(=O)(=O)[O-])c2cc[c-]cc2c1.O=S(=O)=O.[Na+].[Na+].[Na+]. The van der Waals surface area contributed by atoms with Gasteiger partial charge in [0.15, 0.2) is 0 Å². The van der Waals surface area contributed by atoms with Gasteiger partial charge in [-0.25, -0.2) is 16.8 Å². The van der Waals surface area contributed by atoms with E-state index >= 15 is 0 Å². The van der Waals surface area contributed by atoms with Crippen LogP contribution in [0.1, 0.15) is 0 Å². The standard InChI is InChI=1S/C10H7O6S2.3Na.O3S/c11-17(12,13)8-5-7-3-1-2-4-9(7)10(6-8)18(14,15)16;;;;1-4(2)3/h2-6H,(H,11,12,13)(H,14,15,16);;;;/q-1;3*+1;/p-2. The van der Waals surface area contributed by atoms with Crippen LogP contribution >= 0.6 is 0 Å². The molecule has 0 bridgehead atoms. The summed E-state index contributed by atoms with van der Waals surface area (Å²) in [5.74, 6) is 0. The number of hydrogen-bond acceptors (Lipinski definition) is 9. The van der Waals surface area contributed by atoms with Crippen LogP contribution in [0.15, 0.2) is 40.1 Å². The van der Waals surface area contributed by atoms with Gasteiger partial charge in [0.1, 0.15) is 20.2 Å². The molecule has 0 atom stereocenters. The molecule has 0 spiro atoms. The van der Waals surface area contributed by atoms with Gasteiger partial charge in [0.25, 0.3) is 0 Å². The van der Waals surface area contributed by atoms with E-state index in [1.54, 1.807) is 0 Å². The Kier molecular flexibility index (Phi) is 15.5. The van der Waals surface area contributed by atoms with Crippen LogP contribution in [-0.2, 0) is 30.8 Å². The summed E-state index contributed by atoms with van der Waals surface area (Å²) < 4.78 is 91.2. The fourth-order valence-corrected chi connectivity index (χ4v) is 2.87. The number of fused-ring (bicyclic) bond motifs is 1. The first kappa shape index (κ1) is 30.9. The molecule has 0 saturated heterocycles. The van der Waals surface area contributed by atoms with Gasteiger partial charge < -0.3 is 9.11 Å². The van der Waals surface area contributed by atoms with Gasteiger partial charge in [0, 0.05) is 9.79 Å². The summed E-state index contributed by atoms with van der Waals surface area (Å²) in [5.41, 5.74) is 0. The molecule has 0 aliphatic carbocycles. The Bertz CT molecular complexity index is 1030. The minimum absolute atomic E-state index is 0. The maximum absolute atomic E-state index is 11.1. The van der Waals surface area contributed by atoms with Crippen LogP contribution in [0.2, 0.25) is 0 Å². The summed E-state index contributed by atoms with van der Waals surface area (Å²) in [4.78, 5) is -1.49. The van der Waals surface area contributed by atoms with Crippen molar-refractivity contribution in [3.8, 4) is 0 Å². The third-order valence-corrected chi connectivity index (χ3v) is 3.98. The maximum Gasteiger partial charge on any atom is 1.00 e. The van der Waals surface area contributed by atoms with Crippen molar-refractivity contribution >= 4 is 41.6 Å². The molecule has 0 radical (unpaired) electrons. The van der Waals surface area contributed by atoms with Crippen molar-refractivity contribution in [3.63, 3.8) is 0 Å². The van der Waals surface area contributed by atoms with Crippen molar-refractivity contribution < 1.29 is 127 Å². The Morgan fingerprint density at radius 2 is 1.36 bits per heavy atom. The summed E-state index contributed by atoms with van der Waals surface area (Å²) in [7, 11) is -12.8. The number of rotatable bonds is 2. The Hall–Kier alpha value is 1.14. The van der Waals surface area contributed by atoms with Crippen LogP contribution in [0, 0.1) is 6.07 Å². The van der Waals surface area contributed by atoms with Gasteiger partial charge in [-0.2, -0.15) is 24.3 Å². The smallest absolute Gasteiger partial charge is 0.744 e. The molecule has 0 aliphatic heterocycles. The zero-order chi connectivity index (χ0) is 17.1. The molecule has 0 amide bonds. The molecule has 15 heteroatoms. The van der Waals surface area contributed by atoms with Crippen molar-refractivity contribution in [3.05, 3.63) is 36.4 Å². The van der Waals surface area contributed by atoms with Gasteiger partial charge in [0.2, 0.25) is 0 Å². The van der Waals surface area contributed by atoms with Crippen LogP contribution in [-0.4, -0.2) is 38.6 Å². The van der Waals surface area contributed by atoms with Gasteiger partial charge >= 0.3 is 99.3 Å². The minimum atomic E-state index is -4.88. The molecule has 2 rings (SSSR count). The van der Waals surface area contributed by atoms with E-state index < -0.39 is 40.6 Å². The molecule has 120 valence electrons. The molecule has 0 fully saturated rings. The summed E-state index contributed by atoms with van der Waals surface area (Å²) in [6.07, 6.45) is 0. The molecule has 0 N–H and O–H groups in total. The largest absolute Gasteiger partial charge is 1.00 e. The summed E-state index contributed by atoms with van der Waals surface area (Å²) in [5, 5.41) is 0.194. The molecule has 9 nitrogen and oxygen atoms in total. The third kappa shape index (κ3) is 10.3. The van der Waals surface area contributed by atoms with Gasteiger partial charge in [-0.3, -0.25) is 0 Å². The molecule has 2 aromatic rings. The van der Waals surface area contributed by atoms with Gasteiger partial charge in [-0.15, -0.1) is 23.4 Å². The van der Waals surface area contributed by atoms with Crippen LogP contribution in [0.5, 0.6) is 0 Å². The molecule has 25 heavy (non-hydrogen) atoms. The van der Waals surface area contributed by atoms with Crippen molar-refractivity contribution in [1.29, 1.82) is 0 Å². The molecule has 0 aromatic heterocycles. The van der Waals surface area contributed by atoms with E-state index in [1.165, 1.54) is 18.2 Å². The van der Waals surface area contributed by atoms with E-state index in [4.69, 9.17) is 12.6 Å². The molecule has 0 unspecified atom stereocenters. The molecule has 0 heterocycles. The van der Waals surface area contributed by atoms with Crippen LogP contribution in [0.3, 0.4) is 0 Å². The first-order valence-electron chi connectivity index (χ1n) is 5.05. The topological polar surface area (TPSA) is 166 Å². The second kappa shape index (κ2) is 12.6. The quantitative estimate of drug-likeness (QED) is 0.253. The van der Waals surface area contributed by atoms with Crippen LogP contribution < -0.4 is 88.7 Å². The maximum atomic E-state index is 11.1. The molecular weight excluding hydrogens is 429 g/mol. The average molecular weight is 434 g/mol. The Morgan fingerprint density at radius 1 is 0.880 bits per heavy atom.